The van der Waals surface area contributed by atoms with E-state index < -0.39 is 24.0 Å². The predicted octanol–water partition coefficient (Wildman–Crippen LogP) is 0.173. The highest BCUT2D eigenvalue weighted by atomic mass is 32.2. The van der Waals surface area contributed by atoms with Crippen LogP contribution >= 0.6 is 11.8 Å². The van der Waals surface area contributed by atoms with Crippen molar-refractivity contribution in [2.45, 2.75) is 43.7 Å². The number of carboxylic acids is 1. The monoisotopic (exact) mass is 259 g/mol. The van der Waals surface area contributed by atoms with Crippen molar-refractivity contribution in [2.24, 2.45) is 5.92 Å². The fourth-order valence-electron chi connectivity index (χ4n) is 2.92. The Bertz CT molecular complexity index is 346. The summed E-state index contributed by atoms with van der Waals surface area (Å²) < 4.78 is 0. The van der Waals surface area contributed by atoms with Crippen LogP contribution in [0.25, 0.3) is 0 Å². The number of aliphatic hydroxyl groups is 1. The molecule has 2 fully saturated rings. The SMILES string of the molecule is CCSC1C[C@@H]2[C@@H]([C@@H](C)O)C(=O)N2C1C(=O)O. The second-order valence-corrected chi connectivity index (χ2v) is 6.11. The lowest BCUT2D eigenvalue weighted by atomic mass is 9.84. The molecule has 0 aromatic heterocycles. The van der Waals surface area contributed by atoms with Crippen molar-refractivity contribution >= 4 is 23.6 Å². The van der Waals surface area contributed by atoms with Crippen LogP contribution in [-0.4, -0.2) is 56.2 Å². The van der Waals surface area contributed by atoms with Crippen LogP contribution in [-0.2, 0) is 9.59 Å². The standard InChI is InChI=1S/C11H17NO4S/c1-3-17-7-4-6-8(5(2)13)10(14)12(6)9(7)11(15)16/h5-9,13H,3-4H2,1-2H3,(H,15,16)/t5-,6-,7?,8-,9?/m1/s1. The van der Waals surface area contributed by atoms with E-state index in [0.717, 1.165) is 5.75 Å². The average molecular weight is 259 g/mol. The zero-order chi connectivity index (χ0) is 12.7. The van der Waals surface area contributed by atoms with E-state index in [2.05, 4.69) is 0 Å². The minimum Gasteiger partial charge on any atom is -0.480 e. The van der Waals surface area contributed by atoms with E-state index in [-0.39, 0.29) is 17.2 Å². The summed E-state index contributed by atoms with van der Waals surface area (Å²) in [4.78, 5) is 24.5. The fraction of sp³-hybridized carbons (Fsp3) is 0.818. The normalized spacial score (nSPS) is 37.6. The Morgan fingerprint density at radius 2 is 2.29 bits per heavy atom. The summed E-state index contributed by atoms with van der Waals surface area (Å²) in [6.07, 6.45) is -0.0138. The van der Waals surface area contributed by atoms with Crippen LogP contribution in [0.2, 0.25) is 0 Å². The van der Waals surface area contributed by atoms with Gasteiger partial charge in [0.25, 0.3) is 0 Å². The highest BCUT2D eigenvalue weighted by molar-refractivity contribution is 7.99. The molecule has 0 bridgehead atoms. The van der Waals surface area contributed by atoms with E-state index in [1.165, 1.54) is 4.90 Å². The van der Waals surface area contributed by atoms with E-state index in [0.29, 0.717) is 6.42 Å². The van der Waals surface area contributed by atoms with Crippen LogP contribution in [0.3, 0.4) is 0 Å². The van der Waals surface area contributed by atoms with Crippen molar-refractivity contribution in [2.75, 3.05) is 5.75 Å². The molecule has 0 aromatic carbocycles. The largest absolute Gasteiger partial charge is 0.480 e. The molecule has 5 atom stereocenters. The molecule has 2 aliphatic heterocycles. The lowest BCUT2D eigenvalue weighted by Gasteiger charge is -2.45. The first kappa shape index (κ1) is 12.7. The number of β-lactam (4-membered cyclic amide) rings is 1. The predicted molar refractivity (Wildman–Crippen MR) is 63.8 cm³/mol. The van der Waals surface area contributed by atoms with Crippen molar-refractivity contribution in [3.63, 3.8) is 0 Å². The van der Waals surface area contributed by atoms with Crippen LogP contribution < -0.4 is 0 Å². The van der Waals surface area contributed by atoms with E-state index in [1.807, 2.05) is 6.92 Å². The third-order valence-electron chi connectivity index (χ3n) is 3.59. The number of carboxylic acid groups (broad SMARTS) is 1. The highest BCUT2D eigenvalue weighted by Crippen LogP contribution is 2.45. The van der Waals surface area contributed by atoms with Gasteiger partial charge in [0, 0.05) is 11.3 Å². The van der Waals surface area contributed by atoms with Gasteiger partial charge < -0.3 is 15.1 Å². The summed E-state index contributed by atoms with van der Waals surface area (Å²) in [5, 5.41) is 18.7. The molecule has 0 radical (unpaired) electrons. The van der Waals surface area contributed by atoms with Gasteiger partial charge in [-0.1, -0.05) is 6.92 Å². The molecule has 6 heteroatoms. The molecule has 2 unspecified atom stereocenters. The zero-order valence-electron chi connectivity index (χ0n) is 9.87. The van der Waals surface area contributed by atoms with Crippen LogP contribution in [0, 0.1) is 5.92 Å². The molecule has 2 saturated heterocycles. The minimum atomic E-state index is -0.934. The Kier molecular flexibility index (Phi) is 3.36. The van der Waals surface area contributed by atoms with Gasteiger partial charge in [0.2, 0.25) is 5.91 Å². The third kappa shape index (κ3) is 1.83. The number of amides is 1. The third-order valence-corrected chi connectivity index (χ3v) is 4.80. The summed E-state index contributed by atoms with van der Waals surface area (Å²) in [6.45, 7) is 3.57. The van der Waals surface area contributed by atoms with Crippen LogP contribution in [0.5, 0.6) is 0 Å². The van der Waals surface area contributed by atoms with Crippen LogP contribution in [0.1, 0.15) is 20.3 Å². The van der Waals surface area contributed by atoms with E-state index in [1.54, 1.807) is 18.7 Å². The van der Waals surface area contributed by atoms with Gasteiger partial charge in [-0.25, -0.2) is 4.79 Å². The first-order chi connectivity index (χ1) is 7.99. The molecule has 0 saturated carbocycles. The Balaban J connectivity index is 2.18. The second kappa shape index (κ2) is 4.49. The maximum absolute atomic E-state index is 11.8. The Hall–Kier alpha value is -0.750. The molecule has 0 spiro atoms. The number of thioether (sulfide) groups is 1. The number of carbonyl (C=O) groups excluding carboxylic acids is 1. The van der Waals surface area contributed by atoms with Gasteiger partial charge in [-0.05, 0) is 19.1 Å². The number of nitrogens with zero attached hydrogens (tertiary/aromatic N) is 1. The summed E-state index contributed by atoms with van der Waals surface area (Å²) in [6, 6.07) is -0.805. The quantitative estimate of drug-likeness (QED) is 0.704. The summed E-state index contributed by atoms with van der Waals surface area (Å²) in [7, 11) is 0. The molecular formula is C11H17NO4S. The smallest absolute Gasteiger partial charge is 0.327 e. The molecule has 1 amide bonds. The molecule has 2 N–H and O–H groups in total. The summed E-state index contributed by atoms with van der Waals surface area (Å²) in [5.41, 5.74) is 0. The van der Waals surface area contributed by atoms with Crippen molar-refractivity contribution < 1.29 is 19.8 Å². The lowest BCUT2D eigenvalue weighted by Crippen LogP contribution is -2.64. The number of aliphatic carboxylic acids is 1. The van der Waals surface area contributed by atoms with Crippen molar-refractivity contribution in [3.05, 3.63) is 0 Å². The van der Waals surface area contributed by atoms with Crippen molar-refractivity contribution in [1.82, 2.24) is 4.90 Å². The molecule has 2 rings (SSSR count). The average Bonchev–Trinajstić information content (AvgIpc) is 2.53. The Labute approximate surface area is 104 Å². The highest BCUT2D eigenvalue weighted by Gasteiger charge is 2.60. The fourth-order valence-corrected chi connectivity index (χ4v) is 4.11. The molecule has 0 aliphatic carbocycles. The Morgan fingerprint density at radius 1 is 1.65 bits per heavy atom. The van der Waals surface area contributed by atoms with Gasteiger partial charge in [0.15, 0.2) is 0 Å². The second-order valence-electron chi connectivity index (χ2n) is 4.59. The van der Waals surface area contributed by atoms with E-state index in [9.17, 15) is 19.8 Å². The molecule has 5 nitrogen and oxygen atoms in total. The molecular weight excluding hydrogens is 242 g/mol. The van der Waals surface area contributed by atoms with Gasteiger partial charge >= 0.3 is 5.97 Å². The number of hydrogen-bond donors (Lipinski definition) is 2. The topological polar surface area (TPSA) is 77.8 Å². The van der Waals surface area contributed by atoms with Crippen LogP contribution in [0.4, 0.5) is 0 Å². The van der Waals surface area contributed by atoms with Gasteiger partial charge in [-0.15, -0.1) is 0 Å². The minimum absolute atomic E-state index is 0.0461. The van der Waals surface area contributed by atoms with Gasteiger partial charge in [0.05, 0.1) is 12.0 Å². The number of carbonyl (C=O) groups is 2. The molecule has 2 heterocycles. The Morgan fingerprint density at radius 3 is 2.76 bits per heavy atom. The van der Waals surface area contributed by atoms with Gasteiger partial charge in [-0.3, -0.25) is 4.79 Å². The van der Waals surface area contributed by atoms with Crippen LogP contribution in [0.15, 0.2) is 0 Å². The molecule has 0 aromatic rings. The maximum Gasteiger partial charge on any atom is 0.327 e. The maximum atomic E-state index is 11.8. The number of fused-ring (bicyclic) bond motifs is 1. The lowest BCUT2D eigenvalue weighted by molar-refractivity contribution is -0.169. The molecule has 2 aliphatic rings. The van der Waals surface area contributed by atoms with E-state index >= 15 is 0 Å². The van der Waals surface area contributed by atoms with Crippen molar-refractivity contribution in [3.8, 4) is 0 Å². The first-order valence-corrected chi connectivity index (χ1v) is 6.88. The summed E-state index contributed by atoms with van der Waals surface area (Å²) in [5.74, 6) is -0.713. The van der Waals surface area contributed by atoms with Gasteiger partial charge in [0.1, 0.15) is 6.04 Å². The number of aliphatic hydroxyl groups excluding tert-OH is 1. The molecule has 96 valence electrons. The van der Waals surface area contributed by atoms with E-state index in [4.69, 9.17) is 0 Å². The first-order valence-electron chi connectivity index (χ1n) is 5.83. The number of hydrogen-bond acceptors (Lipinski definition) is 4. The zero-order valence-corrected chi connectivity index (χ0v) is 10.7. The van der Waals surface area contributed by atoms with Gasteiger partial charge in [-0.2, -0.15) is 11.8 Å². The molecule has 17 heavy (non-hydrogen) atoms. The number of rotatable bonds is 4. The summed E-state index contributed by atoms with van der Waals surface area (Å²) >= 11 is 1.58. The van der Waals surface area contributed by atoms with Crippen molar-refractivity contribution in [1.29, 1.82) is 0 Å².